The molecule has 0 aliphatic carbocycles. The zero-order valence-electron chi connectivity index (χ0n) is 13.7. The highest BCUT2D eigenvalue weighted by Gasteiger charge is 2.43. The predicted octanol–water partition coefficient (Wildman–Crippen LogP) is 2.86. The van der Waals surface area contributed by atoms with Crippen LogP contribution in [0.5, 0.6) is 5.75 Å². The first kappa shape index (κ1) is 17.1. The Morgan fingerprint density at radius 2 is 1.91 bits per heavy atom. The predicted molar refractivity (Wildman–Crippen MR) is 83.9 cm³/mol. The molecule has 126 valence electrons. The minimum Gasteiger partial charge on any atom is -0.508 e. The minimum absolute atomic E-state index is 0.158. The van der Waals surface area contributed by atoms with Crippen molar-refractivity contribution in [3.05, 3.63) is 29.8 Å². The first-order valence-electron chi connectivity index (χ1n) is 7.76. The molecule has 0 unspecified atom stereocenters. The monoisotopic (exact) mass is 321 g/mol. The van der Waals surface area contributed by atoms with Gasteiger partial charge in [-0.1, -0.05) is 26.0 Å². The number of rotatable bonds is 4. The molecule has 6 heteroatoms. The third-order valence-electron chi connectivity index (χ3n) is 3.89. The Hall–Kier alpha value is -2.24. The largest absolute Gasteiger partial charge is 0.508 e. The molecule has 2 atom stereocenters. The van der Waals surface area contributed by atoms with Crippen molar-refractivity contribution in [2.24, 2.45) is 5.92 Å². The Morgan fingerprint density at radius 3 is 2.48 bits per heavy atom. The number of phenolic OH excluding ortho intramolecular Hbond substituents is 1. The van der Waals surface area contributed by atoms with Crippen LogP contribution in [-0.2, 0) is 14.3 Å². The number of aromatic hydroxyl groups is 1. The number of methoxy groups -OCH3 is 1. The summed E-state index contributed by atoms with van der Waals surface area (Å²) in [6.07, 6.45) is 0.653. The summed E-state index contributed by atoms with van der Waals surface area (Å²) >= 11 is 0. The van der Waals surface area contributed by atoms with Crippen molar-refractivity contribution in [1.82, 2.24) is 4.90 Å². The van der Waals surface area contributed by atoms with Crippen LogP contribution < -0.4 is 0 Å². The van der Waals surface area contributed by atoms with E-state index in [1.807, 2.05) is 13.8 Å². The summed E-state index contributed by atoms with van der Waals surface area (Å²) in [4.78, 5) is 25.9. The van der Waals surface area contributed by atoms with Gasteiger partial charge in [-0.3, -0.25) is 4.90 Å². The molecule has 2 rings (SSSR count). The van der Waals surface area contributed by atoms with E-state index in [9.17, 15) is 14.7 Å². The zero-order valence-corrected chi connectivity index (χ0v) is 13.7. The van der Waals surface area contributed by atoms with Gasteiger partial charge < -0.3 is 14.6 Å². The summed E-state index contributed by atoms with van der Waals surface area (Å²) in [6, 6.07) is 5.74. The molecule has 0 bridgehead atoms. The third-order valence-corrected chi connectivity index (χ3v) is 3.89. The van der Waals surface area contributed by atoms with Crippen LogP contribution in [0.4, 0.5) is 4.79 Å². The Kier molecular flexibility index (Phi) is 5.47. The van der Waals surface area contributed by atoms with Gasteiger partial charge >= 0.3 is 12.1 Å². The molecule has 1 aliphatic heterocycles. The smallest absolute Gasteiger partial charge is 0.411 e. The SMILES string of the molecule is COC(=O)[C@@H]1CC[C@H](c2ccc(O)cc2)N1C(=O)OCC(C)C. The van der Waals surface area contributed by atoms with Gasteiger partial charge in [-0.25, -0.2) is 9.59 Å². The Morgan fingerprint density at radius 1 is 1.26 bits per heavy atom. The van der Waals surface area contributed by atoms with Crippen LogP contribution in [-0.4, -0.2) is 41.8 Å². The van der Waals surface area contributed by atoms with Crippen molar-refractivity contribution in [2.45, 2.75) is 38.8 Å². The van der Waals surface area contributed by atoms with Crippen molar-refractivity contribution in [3.8, 4) is 5.75 Å². The van der Waals surface area contributed by atoms with Crippen molar-refractivity contribution >= 4 is 12.1 Å². The summed E-state index contributed by atoms with van der Waals surface area (Å²) in [7, 11) is 1.31. The number of likely N-dealkylation sites (tertiary alicyclic amines) is 1. The van der Waals surface area contributed by atoms with Crippen molar-refractivity contribution < 1.29 is 24.2 Å². The fourth-order valence-electron chi connectivity index (χ4n) is 2.77. The van der Waals surface area contributed by atoms with E-state index in [2.05, 4.69) is 0 Å². The molecule has 1 heterocycles. The van der Waals surface area contributed by atoms with E-state index in [1.165, 1.54) is 12.0 Å². The molecule has 0 spiro atoms. The molecular formula is C17H23NO5. The molecular weight excluding hydrogens is 298 g/mol. The van der Waals surface area contributed by atoms with Gasteiger partial charge in [-0.2, -0.15) is 0 Å². The Balaban J connectivity index is 2.24. The van der Waals surface area contributed by atoms with Crippen LogP contribution in [0, 0.1) is 5.92 Å². The van der Waals surface area contributed by atoms with Crippen LogP contribution in [0.2, 0.25) is 0 Å². The molecule has 6 nitrogen and oxygen atoms in total. The van der Waals surface area contributed by atoms with E-state index in [1.54, 1.807) is 24.3 Å². The molecule has 0 radical (unpaired) electrons. The molecule has 1 fully saturated rings. The first-order chi connectivity index (χ1) is 10.9. The quantitative estimate of drug-likeness (QED) is 0.863. The summed E-state index contributed by atoms with van der Waals surface area (Å²) in [5.41, 5.74) is 0.857. The van der Waals surface area contributed by atoms with Crippen LogP contribution in [0.25, 0.3) is 0 Å². The number of nitrogens with zero attached hydrogens (tertiary/aromatic N) is 1. The van der Waals surface area contributed by atoms with Gasteiger partial charge in [0.15, 0.2) is 0 Å². The second-order valence-corrected chi connectivity index (χ2v) is 6.10. The summed E-state index contributed by atoms with van der Waals surface area (Å²) in [5.74, 6) is -0.0665. The van der Waals surface area contributed by atoms with Crippen LogP contribution in [0.15, 0.2) is 24.3 Å². The van der Waals surface area contributed by atoms with Crippen molar-refractivity contribution in [3.63, 3.8) is 0 Å². The van der Waals surface area contributed by atoms with Crippen molar-refractivity contribution in [1.29, 1.82) is 0 Å². The normalized spacial score (nSPS) is 20.6. The lowest BCUT2D eigenvalue weighted by atomic mass is 10.0. The topological polar surface area (TPSA) is 76.1 Å². The number of esters is 1. The number of ether oxygens (including phenoxy) is 2. The number of phenols is 1. The second-order valence-electron chi connectivity index (χ2n) is 6.10. The average Bonchev–Trinajstić information content (AvgIpc) is 2.97. The number of hydrogen-bond donors (Lipinski definition) is 1. The highest BCUT2D eigenvalue weighted by molar-refractivity contribution is 5.82. The second kappa shape index (κ2) is 7.35. The van der Waals surface area contributed by atoms with Gasteiger partial charge in [-0.05, 0) is 36.5 Å². The zero-order chi connectivity index (χ0) is 17.0. The Labute approximate surface area is 136 Å². The molecule has 0 saturated carbocycles. The molecule has 1 saturated heterocycles. The fraction of sp³-hybridized carbons (Fsp3) is 0.529. The van der Waals surface area contributed by atoms with Crippen LogP contribution >= 0.6 is 0 Å². The first-order valence-corrected chi connectivity index (χ1v) is 7.76. The highest BCUT2D eigenvalue weighted by atomic mass is 16.6. The van der Waals surface area contributed by atoms with E-state index in [-0.39, 0.29) is 17.7 Å². The van der Waals surface area contributed by atoms with Crippen LogP contribution in [0.3, 0.4) is 0 Å². The number of benzene rings is 1. The molecule has 1 amide bonds. The summed E-state index contributed by atoms with van der Waals surface area (Å²) < 4.78 is 10.1. The lowest BCUT2D eigenvalue weighted by Crippen LogP contribution is -2.43. The average molecular weight is 321 g/mol. The minimum atomic E-state index is -0.640. The van der Waals surface area contributed by atoms with Gasteiger partial charge in [0.2, 0.25) is 0 Å². The number of carbonyl (C=O) groups excluding carboxylic acids is 2. The number of carbonyl (C=O) groups is 2. The van der Waals surface area contributed by atoms with Gasteiger partial charge in [0.1, 0.15) is 11.8 Å². The third kappa shape index (κ3) is 3.94. The number of amides is 1. The van der Waals surface area contributed by atoms with E-state index >= 15 is 0 Å². The van der Waals surface area contributed by atoms with Gasteiger partial charge in [0, 0.05) is 0 Å². The standard InChI is InChI=1S/C17H23NO5/c1-11(2)10-23-17(21)18-14(8-9-15(18)16(20)22-3)12-4-6-13(19)7-5-12/h4-7,11,14-15,19H,8-10H2,1-3H3/t14-,15+/m1/s1. The molecule has 0 aromatic heterocycles. The maximum atomic E-state index is 12.5. The molecule has 23 heavy (non-hydrogen) atoms. The molecule has 1 aromatic rings. The Bertz CT molecular complexity index is 555. The summed E-state index contributed by atoms with van der Waals surface area (Å²) in [6.45, 7) is 4.20. The molecule has 1 aromatic carbocycles. The highest BCUT2D eigenvalue weighted by Crippen LogP contribution is 2.37. The summed E-state index contributed by atoms with van der Waals surface area (Å²) in [5, 5.41) is 9.42. The van der Waals surface area contributed by atoms with Crippen molar-refractivity contribution in [2.75, 3.05) is 13.7 Å². The fourth-order valence-corrected chi connectivity index (χ4v) is 2.77. The van der Waals surface area contributed by atoms with Gasteiger partial charge in [-0.15, -0.1) is 0 Å². The maximum absolute atomic E-state index is 12.5. The lowest BCUT2D eigenvalue weighted by molar-refractivity contribution is -0.145. The van der Waals surface area contributed by atoms with Gasteiger partial charge in [0.05, 0.1) is 19.8 Å². The van der Waals surface area contributed by atoms with Crippen LogP contribution in [0.1, 0.15) is 38.3 Å². The lowest BCUT2D eigenvalue weighted by Gasteiger charge is -2.28. The van der Waals surface area contributed by atoms with E-state index < -0.39 is 18.1 Å². The van der Waals surface area contributed by atoms with Gasteiger partial charge in [0.25, 0.3) is 0 Å². The molecule has 1 N–H and O–H groups in total. The maximum Gasteiger partial charge on any atom is 0.411 e. The van der Waals surface area contributed by atoms with E-state index in [4.69, 9.17) is 9.47 Å². The molecule has 1 aliphatic rings. The van der Waals surface area contributed by atoms with E-state index in [0.29, 0.717) is 19.4 Å². The number of hydrogen-bond acceptors (Lipinski definition) is 5. The van der Waals surface area contributed by atoms with E-state index in [0.717, 1.165) is 5.56 Å².